The van der Waals surface area contributed by atoms with Gasteiger partial charge < -0.3 is 5.11 Å². The van der Waals surface area contributed by atoms with Gasteiger partial charge in [-0.1, -0.05) is 18.2 Å². The Kier molecular flexibility index (Phi) is 5.91. The van der Waals surface area contributed by atoms with Crippen LogP contribution >= 0.6 is 0 Å². The van der Waals surface area contributed by atoms with Crippen molar-refractivity contribution < 1.29 is 54.8 Å². The van der Waals surface area contributed by atoms with Crippen LogP contribution in [-0.4, -0.2) is 20.1 Å². The van der Waals surface area contributed by atoms with Gasteiger partial charge in [-0.3, -0.25) is 0 Å². The molecule has 0 fully saturated rings. The quantitative estimate of drug-likeness (QED) is 0.529. The minimum atomic E-state index is 0. The number of aromatic hydroxyl groups is 1. The first kappa shape index (κ1) is 17.3. The molecule has 1 aromatic heterocycles. The summed E-state index contributed by atoms with van der Waals surface area (Å²) in [7, 11) is 0. The number of fused-ring (bicyclic) bond motifs is 1. The molecule has 0 aliphatic carbocycles. The molecular formula is C14H13N3OUV. The topological polar surface area (TPSA) is 50.9 Å². The zero-order valence-corrected chi connectivity index (χ0v) is 16.8. The predicted molar refractivity (Wildman–Crippen MR) is 70.0 cm³/mol. The molecule has 0 aliphatic heterocycles. The van der Waals surface area contributed by atoms with Crippen molar-refractivity contribution in [2.24, 2.45) is 0 Å². The maximum atomic E-state index is 10.1. The van der Waals surface area contributed by atoms with Crippen LogP contribution in [0.2, 0.25) is 0 Å². The number of nitrogens with zero attached hydrogens (tertiary/aromatic N) is 3. The first-order chi connectivity index (χ1) is 8.65. The summed E-state index contributed by atoms with van der Waals surface area (Å²) in [6.07, 6.45) is 0. The number of aryl methyl sites for hydroxylation is 2. The summed E-state index contributed by atoms with van der Waals surface area (Å²) in [6, 6.07) is 11.5. The predicted octanol–water partition coefficient (Wildman–Crippen LogP) is 2.74. The molecule has 99 valence electrons. The number of hydrogen-bond acceptors (Lipinski definition) is 3. The number of benzene rings is 2. The van der Waals surface area contributed by atoms with Crippen molar-refractivity contribution in [1.29, 1.82) is 0 Å². The smallest absolute Gasteiger partial charge is 0.146 e. The maximum Gasteiger partial charge on any atom is 0.146 e. The molecule has 1 radical (unpaired) electrons. The van der Waals surface area contributed by atoms with Crippen molar-refractivity contribution in [3.05, 3.63) is 47.5 Å². The number of hydrogen-bond donors (Lipinski definition) is 1. The molecule has 20 heavy (non-hydrogen) atoms. The third-order valence-electron chi connectivity index (χ3n) is 2.93. The Morgan fingerprint density at radius 2 is 1.55 bits per heavy atom. The van der Waals surface area contributed by atoms with Crippen LogP contribution in [0, 0.1) is 45.0 Å². The molecule has 3 aromatic rings. The van der Waals surface area contributed by atoms with Gasteiger partial charge in [0, 0.05) is 49.7 Å². The van der Waals surface area contributed by atoms with E-state index in [1.54, 1.807) is 0 Å². The van der Waals surface area contributed by atoms with E-state index >= 15 is 0 Å². The molecule has 0 atom stereocenters. The number of phenols is 1. The fourth-order valence-electron chi connectivity index (χ4n) is 2.06. The number of rotatable bonds is 1. The van der Waals surface area contributed by atoms with Crippen LogP contribution < -0.4 is 0 Å². The molecule has 4 nitrogen and oxygen atoms in total. The molecule has 0 saturated heterocycles. The van der Waals surface area contributed by atoms with E-state index in [0.717, 1.165) is 22.2 Å². The van der Waals surface area contributed by atoms with Crippen LogP contribution in [0.3, 0.4) is 0 Å². The largest absolute Gasteiger partial charge is 0.505 e. The second kappa shape index (κ2) is 6.82. The van der Waals surface area contributed by atoms with Gasteiger partial charge in [-0.2, -0.15) is 0 Å². The van der Waals surface area contributed by atoms with E-state index in [2.05, 4.69) is 10.2 Å². The molecule has 0 aliphatic rings. The second-order valence-electron chi connectivity index (χ2n) is 4.43. The summed E-state index contributed by atoms with van der Waals surface area (Å²) in [5.41, 5.74) is 4.14. The monoisotopic (exact) mass is 528 g/mol. The Morgan fingerprint density at radius 3 is 2.10 bits per heavy atom. The van der Waals surface area contributed by atoms with Gasteiger partial charge in [-0.15, -0.1) is 15.0 Å². The summed E-state index contributed by atoms with van der Waals surface area (Å²) < 4.78 is 0. The molecule has 2 aromatic carbocycles. The minimum absolute atomic E-state index is 0. The average Bonchev–Trinajstić information content (AvgIpc) is 2.77. The normalized spacial score (nSPS) is 9.90. The molecule has 0 amide bonds. The Balaban J connectivity index is 0.000001000. The minimum Gasteiger partial charge on any atom is -0.505 e. The van der Waals surface area contributed by atoms with Crippen LogP contribution in [0.1, 0.15) is 11.1 Å². The molecule has 0 spiro atoms. The molecule has 0 bridgehead atoms. The van der Waals surface area contributed by atoms with Crippen molar-refractivity contribution in [2.75, 3.05) is 0 Å². The zero-order chi connectivity index (χ0) is 12.7. The molecule has 1 N–H and O–H groups in total. The first-order valence-electron chi connectivity index (χ1n) is 5.78. The van der Waals surface area contributed by atoms with Gasteiger partial charge in [0.2, 0.25) is 0 Å². The maximum absolute atomic E-state index is 10.1. The van der Waals surface area contributed by atoms with Crippen LogP contribution in [0.15, 0.2) is 36.4 Å². The van der Waals surface area contributed by atoms with Gasteiger partial charge in [0.15, 0.2) is 0 Å². The van der Waals surface area contributed by atoms with Gasteiger partial charge in [-0.05, 0) is 43.2 Å². The second-order valence-corrected chi connectivity index (χ2v) is 4.43. The summed E-state index contributed by atoms with van der Waals surface area (Å²) in [6.45, 7) is 3.86. The van der Waals surface area contributed by atoms with Gasteiger partial charge in [0.1, 0.15) is 22.5 Å². The van der Waals surface area contributed by atoms with E-state index in [1.165, 1.54) is 4.80 Å². The molecule has 0 unspecified atom stereocenters. The summed E-state index contributed by atoms with van der Waals surface area (Å²) in [5.74, 6) is 0.223. The van der Waals surface area contributed by atoms with Gasteiger partial charge in [0.25, 0.3) is 0 Å². The van der Waals surface area contributed by atoms with E-state index in [0.29, 0.717) is 5.69 Å². The molecule has 3 rings (SSSR count). The third-order valence-corrected chi connectivity index (χ3v) is 2.93. The van der Waals surface area contributed by atoms with Gasteiger partial charge in [-0.25, -0.2) is 0 Å². The van der Waals surface area contributed by atoms with Crippen molar-refractivity contribution in [2.45, 2.75) is 13.8 Å². The van der Waals surface area contributed by atoms with Crippen LogP contribution in [0.5, 0.6) is 5.75 Å². The van der Waals surface area contributed by atoms with E-state index in [9.17, 15) is 5.11 Å². The van der Waals surface area contributed by atoms with Gasteiger partial charge >= 0.3 is 0 Å². The van der Waals surface area contributed by atoms with Crippen molar-refractivity contribution in [3.8, 4) is 11.4 Å². The molecular weight excluding hydrogens is 515 g/mol. The van der Waals surface area contributed by atoms with E-state index in [1.807, 2.05) is 50.2 Å². The van der Waals surface area contributed by atoms with E-state index in [4.69, 9.17) is 0 Å². The fraction of sp³-hybridized carbons (Fsp3) is 0.143. The number of phenolic OH excluding ortho intramolecular Hbond substituents is 1. The van der Waals surface area contributed by atoms with Crippen LogP contribution in [0.4, 0.5) is 0 Å². The summed E-state index contributed by atoms with van der Waals surface area (Å²) in [5, 5.41) is 18.8. The molecule has 1 heterocycles. The van der Waals surface area contributed by atoms with Crippen LogP contribution in [-0.2, 0) is 18.6 Å². The Bertz CT molecular complexity index is 709. The Hall–Kier alpha value is -0.724. The van der Waals surface area contributed by atoms with Crippen molar-refractivity contribution >= 4 is 11.0 Å². The fourth-order valence-corrected chi connectivity index (χ4v) is 2.06. The molecule has 6 heteroatoms. The first-order valence-corrected chi connectivity index (χ1v) is 5.78. The van der Waals surface area contributed by atoms with E-state index in [-0.39, 0.29) is 55.4 Å². The SMILES string of the molecule is Cc1cc(C)c(O)c(-n2nc3ccccc3n2)c1.[U].[V]. The van der Waals surface area contributed by atoms with Gasteiger partial charge in [0.05, 0.1) is 0 Å². The Labute approximate surface area is 152 Å². The van der Waals surface area contributed by atoms with Crippen molar-refractivity contribution in [3.63, 3.8) is 0 Å². The standard InChI is InChI=1S/C14H13N3O.U.V/c1-9-7-10(2)14(18)13(8-9)17-15-11-5-3-4-6-12(11)16-17;;/h3-8,18H,1-2H3;;. The van der Waals surface area contributed by atoms with Crippen molar-refractivity contribution in [1.82, 2.24) is 15.0 Å². The zero-order valence-electron chi connectivity index (χ0n) is 11.2. The molecule has 0 saturated carbocycles. The summed E-state index contributed by atoms with van der Waals surface area (Å²) in [4.78, 5) is 1.49. The average molecular weight is 528 g/mol. The van der Waals surface area contributed by atoms with Crippen LogP contribution in [0.25, 0.3) is 16.7 Å². The number of aromatic nitrogens is 3. The third kappa shape index (κ3) is 3.12. The van der Waals surface area contributed by atoms with E-state index < -0.39 is 0 Å². The Morgan fingerprint density at radius 1 is 1.00 bits per heavy atom. The summed E-state index contributed by atoms with van der Waals surface area (Å²) >= 11 is 0.